The Labute approximate surface area is 125 Å². The number of nitrogens with two attached hydrogens (primary N) is 1. The average Bonchev–Trinajstić information content (AvgIpc) is 2.40. The zero-order chi connectivity index (χ0) is 15.6. The Hall–Kier alpha value is -1.34. The van der Waals surface area contributed by atoms with Gasteiger partial charge in [-0.3, -0.25) is 14.7 Å². The molecule has 2 rings (SSSR count). The molecule has 2 N–H and O–H groups in total. The van der Waals surface area contributed by atoms with Gasteiger partial charge in [0.1, 0.15) is 0 Å². The second-order valence-corrected chi connectivity index (χ2v) is 5.51. The number of nitrogens with zero attached hydrogens (tertiary/aromatic N) is 2. The third-order valence-corrected chi connectivity index (χ3v) is 3.94. The van der Waals surface area contributed by atoms with Crippen LogP contribution in [-0.2, 0) is 17.5 Å². The summed E-state index contributed by atoms with van der Waals surface area (Å²) in [4.78, 5) is 16.9. The van der Waals surface area contributed by atoms with Gasteiger partial charge in [0.15, 0.2) is 0 Å². The number of hydrogen-bond acceptors (Lipinski definition) is 3. The zero-order valence-electron chi connectivity index (χ0n) is 11.2. The van der Waals surface area contributed by atoms with Gasteiger partial charge in [-0.25, -0.2) is 0 Å². The monoisotopic (exact) mass is 321 g/mol. The molecule has 0 unspecified atom stereocenters. The third-order valence-electron chi connectivity index (χ3n) is 3.61. The van der Waals surface area contributed by atoms with Crippen LogP contribution in [0, 0.1) is 5.92 Å². The van der Waals surface area contributed by atoms with Gasteiger partial charge in [-0.05, 0) is 32.0 Å². The molecule has 2 heterocycles. The minimum atomic E-state index is -4.45. The van der Waals surface area contributed by atoms with Crippen molar-refractivity contribution in [3.05, 3.63) is 28.5 Å². The maximum atomic E-state index is 12.5. The molecule has 1 amide bonds. The Bertz CT molecular complexity index is 528. The number of aromatic nitrogens is 1. The number of rotatable bonds is 3. The lowest BCUT2D eigenvalue weighted by molar-refractivity contribution is -0.137. The summed E-state index contributed by atoms with van der Waals surface area (Å²) in [6.45, 7) is 1.65. The van der Waals surface area contributed by atoms with Crippen molar-refractivity contribution in [3.63, 3.8) is 0 Å². The maximum absolute atomic E-state index is 12.5. The summed E-state index contributed by atoms with van der Waals surface area (Å²) in [5, 5.41) is 0.00171. The number of hydrogen-bond donors (Lipinski definition) is 1. The number of primary amides is 1. The number of piperidine rings is 1. The van der Waals surface area contributed by atoms with Crippen LogP contribution in [0.15, 0.2) is 12.3 Å². The molecule has 1 aromatic rings. The van der Waals surface area contributed by atoms with Gasteiger partial charge in [0, 0.05) is 18.7 Å². The summed E-state index contributed by atoms with van der Waals surface area (Å²) >= 11 is 5.87. The van der Waals surface area contributed by atoms with Crippen molar-refractivity contribution in [1.82, 2.24) is 9.88 Å². The molecule has 0 bridgehead atoms. The fourth-order valence-electron chi connectivity index (χ4n) is 2.32. The van der Waals surface area contributed by atoms with Crippen LogP contribution < -0.4 is 5.73 Å². The highest BCUT2D eigenvalue weighted by Crippen LogP contribution is 2.31. The van der Waals surface area contributed by atoms with E-state index in [1.54, 1.807) is 0 Å². The molecule has 1 aromatic heterocycles. The first-order valence-corrected chi connectivity index (χ1v) is 6.88. The number of carbonyl (C=O) groups excluding carboxylic acids is 1. The van der Waals surface area contributed by atoms with Gasteiger partial charge < -0.3 is 5.73 Å². The lowest BCUT2D eigenvalue weighted by atomic mass is 9.96. The molecular weight excluding hydrogens is 307 g/mol. The first-order valence-electron chi connectivity index (χ1n) is 6.50. The van der Waals surface area contributed by atoms with Gasteiger partial charge in [-0.1, -0.05) is 11.6 Å². The standard InChI is InChI=1S/C13H15ClF3N3O/c14-10-5-9(13(15,16)17)6-19-11(10)7-20-3-1-8(2-4-20)12(18)21/h5-6,8H,1-4,7H2,(H2,18,21). The first kappa shape index (κ1) is 16.0. The van der Waals surface area contributed by atoms with E-state index in [0.29, 0.717) is 38.2 Å². The minimum Gasteiger partial charge on any atom is -0.369 e. The summed E-state index contributed by atoms with van der Waals surface area (Å²) in [6.07, 6.45) is -2.37. The van der Waals surface area contributed by atoms with Crippen molar-refractivity contribution >= 4 is 17.5 Å². The van der Waals surface area contributed by atoms with E-state index >= 15 is 0 Å². The smallest absolute Gasteiger partial charge is 0.369 e. The highest BCUT2D eigenvalue weighted by Gasteiger charge is 2.32. The minimum absolute atomic E-state index is 0.00171. The molecule has 116 valence electrons. The van der Waals surface area contributed by atoms with Crippen LogP contribution in [0.25, 0.3) is 0 Å². The Kier molecular flexibility index (Phi) is 4.73. The number of likely N-dealkylation sites (tertiary alicyclic amines) is 1. The summed E-state index contributed by atoms with van der Waals surface area (Å²) in [5.41, 5.74) is 4.80. The van der Waals surface area contributed by atoms with Crippen LogP contribution in [-0.4, -0.2) is 28.9 Å². The lowest BCUT2D eigenvalue weighted by Crippen LogP contribution is -2.38. The third kappa shape index (κ3) is 4.07. The Morgan fingerprint density at radius 3 is 2.52 bits per heavy atom. The highest BCUT2D eigenvalue weighted by molar-refractivity contribution is 6.31. The van der Waals surface area contributed by atoms with Gasteiger partial charge >= 0.3 is 6.18 Å². The molecular formula is C13H15ClF3N3O. The average molecular weight is 322 g/mol. The molecule has 0 aliphatic carbocycles. The lowest BCUT2D eigenvalue weighted by Gasteiger charge is -2.30. The molecule has 1 fully saturated rings. The van der Waals surface area contributed by atoms with E-state index in [2.05, 4.69) is 4.98 Å². The van der Waals surface area contributed by atoms with E-state index in [1.165, 1.54) is 0 Å². The molecule has 1 aliphatic heterocycles. The number of pyridine rings is 1. The predicted molar refractivity (Wildman–Crippen MR) is 71.4 cm³/mol. The molecule has 8 heteroatoms. The molecule has 4 nitrogen and oxygen atoms in total. The van der Waals surface area contributed by atoms with Crippen LogP contribution >= 0.6 is 11.6 Å². The van der Waals surface area contributed by atoms with E-state index in [4.69, 9.17) is 17.3 Å². The second-order valence-electron chi connectivity index (χ2n) is 5.10. The van der Waals surface area contributed by atoms with Gasteiger partial charge in [0.2, 0.25) is 5.91 Å². The van der Waals surface area contributed by atoms with E-state index in [9.17, 15) is 18.0 Å². The summed E-state index contributed by atoms with van der Waals surface area (Å²) in [6, 6.07) is 0.889. The number of halogens is 4. The van der Waals surface area contributed by atoms with Crippen molar-refractivity contribution < 1.29 is 18.0 Å². The summed E-state index contributed by atoms with van der Waals surface area (Å²) in [5.74, 6) is -0.433. The van der Waals surface area contributed by atoms with Crippen molar-refractivity contribution in [2.75, 3.05) is 13.1 Å². The fraction of sp³-hybridized carbons (Fsp3) is 0.538. The second kappa shape index (κ2) is 6.19. The largest absolute Gasteiger partial charge is 0.417 e. The van der Waals surface area contributed by atoms with Crippen LogP contribution in [0.1, 0.15) is 24.1 Å². The summed E-state index contributed by atoms with van der Waals surface area (Å²) in [7, 11) is 0. The highest BCUT2D eigenvalue weighted by atomic mass is 35.5. The van der Waals surface area contributed by atoms with Gasteiger partial charge in [-0.15, -0.1) is 0 Å². The molecule has 0 spiro atoms. The van der Waals surface area contributed by atoms with E-state index < -0.39 is 11.7 Å². The maximum Gasteiger partial charge on any atom is 0.417 e. The van der Waals surface area contributed by atoms with Crippen LogP contribution in [0.3, 0.4) is 0 Å². The normalized spacial score (nSPS) is 17.9. The van der Waals surface area contributed by atoms with Gasteiger partial charge in [0.25, 0.3) is 0 Å². The number of carbonyl (C=O) groups is 1. The Morgan fingerprint density at radius 1 is 1.43 bits per heavy atom. The Balaban J connectivity index is 2.00. The molecule has 0 radical (unpaired) electrons. The molecule has 0 atom stereocenters. The van der Waals surface area contributed by atoms with Crippen LogP contribution in [0.2, 0.25) is 5.02 Å². The zero-order valence-corrected chi connectivity index (χ0v) is 11.9. The van der Waals surface area contributed by atoms with E-state index in [1.807, 2.05) is 4.90 Å². The number of amides is 1. The summed E-state index contributed by atoms with van der Waals surface area (Å²) < 4.78 is 37.6. The number of alkyl halides is 3. The van der Waals surface area contributed by atoms with Crippen molar-refractivity contribution in [2.45, 2.75) is 25.6 Å². The van der Waals surface area contributed by atoms with Crippen LogP contribution in [0.4, 0.5) is 13.2 Å². The fourth-order valence-corrected chi connectivity index (χ4v) is 2.55. The quantitative estimate of drug-likeness (QED) is 0.930. The predicted octanol–water partition coefficient (Wildman–Crippen LogP) is 2.45. The van der Waals surface area contributed by atoms with Gasteiger partial charge in [-0.2, -0.15) is 13.2 Å². The molecule has 0 aromatic carbocycles. The molecule has 0 saturated carbocycles. The Morgan fingerprint density at radius 2 is 2.05 bits per heavy atom. The van der Waals surface area contributed by atoms with Gasteiger partial charge in [0.05, 0.1) is 16.3 Å². The van der Waals surface area contributed by atoms with Crippen molar-refractivity contribution in [1.29, 1.82) is 0 Å². The molecule has 21 heavy (non-hydrogen) atoms. The van der Waals surface area contributed by atoms with Crippen LogP contribution in [0.5, 0.6) is 0 Å². The first-order chi connectivity index (χ1) is 9.77. The molecule has 1 saturated heterocycles. The van der Waals surface area contributed by atoms with Crippen molar-refractivity contribution in [2.24, 2.45) is 11.7 Å². The topological polar surface area (TPSA) is 59.2 Å². The van der Waals surface area contributed by atoms with Crippen molar-refractivity contribution in [3.8, 4) is 0 Å². The molecule has 1 aliphatic rings. The van der Waals surface area contributed by atoms with E-state index in [0.717, 1.165) is 12.3 Å². The SMILES string of the molecule is NC(=O)C1CCN(Cc2ncc(C(F)(F)F)cc2Cl)CC1. The van der Waals surface area contributed by atoms with E-state index in [-0.39, 0.29) is 16.8 Å².